The minimum absolute atomic E-state index is 0.0136. The van der Waals surface area contributed by atoms with E-state index in [2.05, 4.69) is 31.9 Å². The molecule has 3 rings (SSSR count). The minimum Gasteiger partial charge on any atom is -0.384 e. The average Bonchev–Trinajstić information content (AvgIpc) is 2.55. The summed E-state index contributed by atoms with van der Waals surface area (Å²) in [6.07, 6.45) is 0.660. The van der Waals surface area contributed by atoms with Crippen LogP contribution in [0.2, 0.25) is 0 Å². The maximum Gasteiger partial charge on any atom is 0.169 e. The Labute approximate surface area is 157 Å². The second-order valence-electron chi connectivity index (χ2n) is 6.11. The van der Waals surface area contributed by atoms with Gasteiger partial charge < -0.3 is 5.11 Å². The molecule has 3 nitrogen and oxygen atoms in total. The van der Waals surface area contributed by atoms with Gasteiger partial charge in [-0.15, -0.1) is 0 Å². The van der Waals surface area contributed by atoms with Crippen molar-refractivity contribution in [3.63, 3.8) is 0 Å². The van der Waals surface area contributed by atoms with Crippen molar-refractivity contribution in [1.29, 1.82) is 0 Å². The zero-order valence-electron chi connectivity index (χ0n) is 12.8. The molecule has 0 radical (unpaired) electrons. The van der Waals surface area contributed by atoms with Crippen molar-refractivity contribution in [2.75, 3.05) is 0 Å². The summed E-state index contributed by atoms with van der Waals surface area (Å²) in [5.41, 5.74) is -0.303. The van der Waals surface area contributed by atoms with Crippen LogP contribution in [0.3, 0.4) is 0 Å². The number of hydrogen-bond acceptors (Lipinski definition) is 3. The predicted octanol–water partition coefficient (Wildman–Crippen LogP) is 4.65. The first kappa shape index (κ1) is 17.5. The van der Waals surface area contributed by atoms with Gasteiger partial charge >= 0.3 is 0 Å². The fraction of sp³-hybridized carbons (Fsp3) is 0.263. The van der Waals surface area contributed by atoms with Gasteiger partial charge in [-0.05, 0) is 36.2 Å². The van der Waals surface area contributed by atoms with Gasteiger partial charge in [-0.25, -0.2) is 0 Å². The van der Waals surface area contributed by atoms with Crippen molar-refractivity contribution in [1.82, 2.24) is 0 Å². The number of carbonyl (C=O) groups is 2. The third-order valence-corrected chi connectivity index (χ3v) is 5.60. The molecule has 5 heteroatoms. The molecule has 0 spiro atoms. The van der Waals surface area contributed by atoms with E-state index in [1.165, 1.54) is 0 Å². The van der Waals surface area contributed by atoms with Crippen LogP contribution in [-0.4, -0.2) is 16.7 Å². The van der Waals surface area contributed by atoms with Crippen molar-refractivity contribution in [3.05, 3.63) is 68.6 Å². The summed E-state index contributed by atoms with van der Waals surface area (Å²) in [5.74, 6) is -0.766. The Morgan fingerprint density at radius 1 is 1.00 bits per heavy atom. The van der Waals surface area contributed by atoms with E-state index in [4.69, 9.17) is 0 Å². The number of ketones is 2. The zero-order chi connectivity index (χ0) is 17.3. The molecule has 0 heterocycles. The van der Waals surface area contributed by atoms with Gasteiger partial charge in [-0.1, -0.05) is 56.1 Å². The first-order valence-corrected chi connectivity index (χ1v) is 9.28. The highest BCUT2D eigenvalue weighted by molar-refractivity contribution is 9.10. The highest BCUT2D eigenvalue weighted by atomic mass is 79.9. The molecule has 0 bridgehead atoms. The van der Waals surface area contributed by atoms with Crippen LogP contribution < -0.4 is 0 Å². The molecule has 1 aliphatic carbocycles. The van der Waals surface area contributed by atoms with Crippen molar-refractivity contribution >= 4 is 43.4 Å². The number of Topliss-reactive ketones (excluding diaryl/α,β-unsaturated/α-hetero) is 2. The van der Waals surface area contributed by atoms with Crippen LogP contribution in [0.1, 0.15) is 35.2 Å². The van der Waals surface area contributed by atoms with Gasteiger partial charge in [0.05, 0.1) is 5.92 Å². The summed E-state index contributed by atoms with van der Waals surface area (Å²) >= 11 is 6.72. The third-order valence-electron chi connectivity index (χ3n) is 4.54. The fourth-order valence-electron chi connectivity index (χ4n) is 3.26. The molecule has 0 aliphatic heterocycles. The summed E-state index contributed by atoms with van der Waals surface area (Å²) in [7, 11) is 0. The Bertz CT molecular complexity index is 768. The van der Waals surface area contributed by atoms with Gasteiger partial charge in [0, 0.05) is 27.4 Å². The summed E-state index contributed by atoms with van der Waals surface area (Å²) in [4.78, 5) is 25.0. The van der Waals surface area contributed by atoms with Crippen molar-refractivity contribution < 1.29 is 14.7 Å². The minimum atomic E-state index is -1.46. The quantitative estimate of drug-likeness (QED) is 0.691. The van der Waals surface area contributed by atoms with Crippen LogP contribution >= 0.6 is 31.9 Å². The van der Waals surface area contributed by atoms with E-state index in [1.54, 1.807) is 36.4 Å². The molecule has 1 N–H and O–H groups in total. The second-order valence-corrected chi connectivity index (χ2v) is 7.94. The topological polar surface area (TPSA) is 54.4 Å². The summed E-state index contributed by atoms with van der Waals surface area (Å²) in [6.45, 7) is 0. The summed E-state index contributed by atoms with van der Waals surface area (Å²) in [6, 6.07) is 14.3. The number of benzene rings is 2. The first-order chi connectivity index (χ1) is 11.4. The van der Waals surface area contributed by atoms with Crippen LogP contribution in [0.5, 0.6) is 0 Å². The summed E-state index contributed by atoms with van der Waals surface area (Å²) in [5, 5.41) is 11.3. The Kier molecular flexibility index (Phi) is 5.04. The molecule has 2 aromatic carbocycles. The Morgan fingerprint density at radius 3 is 2.12 bits per heavy atom. The molecule has 2 atom stereocenters. The van der Waals surface area contributed by atoms with E-state index < -0.39 is 11.5 Å². The Hall–Kier alpha value is -1.30. The molecule has 124 valence electrons. The van der Waals surface area contributed by atoms with Crippen LogP contribution in [-0.2, 0) is 10.4 Å². The molecule has 2 aromatic rings. The lowest BCUT2D eigenvalue weighted by atomic mass is 9.68. The SMILES string of the molecule is O=C1CC[C@H](C(=O)c2ccc(Br)cc2)[C@@](O)(c2ccc(Br)cc2)C1. The van der Waals surface area contributed by atoms with Crippen molar-refractivity contribution in [2.45, 2.75) is 24.9 Å². The molecule has 1 saturated carbocycles. The van der Waals surface area contributed by atoms with Crippen molar-refractivity contribution in [2.24, 2.45) is 5.92 Å². The van der Waals surface area contributed by atoms with E-state index >= 15 is 0 Å². The third kappa shape index (κ3) is 3.39. The van der Waals surface area contributed by atoms with Gasteiger partial charge in [-0.2, -0.15) is 0 Å². The smallest absolute Gasteiger partial charge is 0.169 e. The predicted molar refractivity (Wildman–Crippen MR) is 98.9 cm³/mol. The Balaban J connectivity index is 2.00. The van der Waals surface area contributed by atoms with E-state index in [9.17, 15) is 14.7 Å². The van der Waals surface area contributed by atoms with Gasteiger partial charge in [0.15, 0.2) is 5.78 Å². The van der Waals surface area contributed by atoms with Crippen molar-refractivity contribution in [3.8, 4) is 0 Å². The van der Waals surface area contributed by atoms with Crippen LogP contribution in [0.4, 0.5) is 0 Å². The maximum absolute atomic E-state index is 13.0. The fourth-order valence-corrected chi connectivity index (χ4v) is 3.79. The summed E-state index contributed by atoms with van der Waals surface area (Å²) < 4.78 is 1.77. The van der Waals surface area contributed by atoms with Crippen LogP contribution in [0.25, 0.3) is 0 Å². The molecule has 0 amide bonds. The number of rotatable bonds is 3. The van der Waals surface area contributed by atoms with Crippen LogP contribution in [0.15, 0.2) is 57.5 Å². The molecular weight excluding hydrogens is 436 g/mol. The monoisotopic (exact) mass is 450 g/mol. The molecule has 0 saturated heterocycles. The number of hydrogen-bond donors (Lipinski definition) is 1. The van der Waals surface area contributed by atoms with E-state index in [1.807, 2.05) is 12.1 Å². The molecular formula is C19H16Br2O3. The van der Waals surface area contributed by atoms with Gasteiger partial charge in [0.1, 0.15) is 11.4 Å². The molecule has 0 unspecified atom stereocenters. The lowest BCUT2D eigenvalue weighted by Crippen LogP contribution is -2.45. The van der Waals surface area contributed by atoms with Crippen LogP contribution in [0, 0.1) is 5.92 Å². The number of halogens is 2. The van der Waals surface area contributed by atoms with E-state index in [0.717, 1.165) is 8.95 Å². The van der Waals surface area contributed by atoms with E-state index in [-0.39, 0.29) is 18.0 Å². The molecule has 1 fully saturated rings. The highest BCUT2D eigenvalue weighted by Gasteiger charge is 2.47. The second kappa shape index (κ2) is 6.90. The largest absolute Gasteiger partial charge is 0.384 e. The lowest BCUT2D eigenvalue weighted by Gasteiger charge is -2.39. The Morgan fingerprint density at radius 2 is 1.54 bits per heavy atom. The highest BCUT2D eigenvalue weighted by Crippen LogP contribution is 2.42. The first-order valence-electron chi connectivity index (χ1n) is 7.70. The molecule has 1 aliphatic rings. The average molecular weight is 452 g/mol. The van der Waals surface area contributed by atoms with Gasteiger partial charge in [-0.3, -0.25) is 9.59 Å². The molecule has 0 aromatic heterocycles. The van der Waals surface area contributed by atoms with E-state index in [0.29, 0.717) is 24.0 Å². The zero-order valence-corrected chi connectivity index (χ0v) is 16.0. The standard InChI is InChI=1S/C19H16Br2O3/c20-14-5-1-12(2-6-14)18(23)17-10-9-16(22)11-19(17,24)13-3-7-15(21)8-4-13/h1-8,17,24H,9-11H2/t17-,19+/m1/s1. The normalized spacial score (nSPS) is 24.0. The molecule has 24 heavy (non-hydrogen) atoms. The van der Waals surface area contributed by atoms with Gasteiger partial charge in [0.2, 0.25) is 0 Å². The van der Waals surface area contributed by atoms with Gasteiger partial charge in [0.25, 0.3) is 0 Å². The maximum atomic E-state index is 13.0. The lowest BCUT2D eigenvalue weighted by molar-refractivity contribution is -0.131. The number of aliphatic hydroxyl groups is 1. The number of carbonyl (C=O) groups excluding carboxylic acids is 2.